The number of carbonyl (C=O) groups excluding carboxylic acids is 2. The molecular weight excluding hydrogens is 439 g/mol. The number of hydrogen-bond acceptors (Lipinski definition) is 6. The highest BCUT2D eigenvalue weighted by Crippen LogP contribution is 2.39. The van der Waals surface area contributed by atoms with E-state index in [1.165, 1.54) is 18.2 Å². The third-order valence-electron chi connectivity index (χ3n) is 6.31. The molecule has 1 spiro atoms. The molecule has 178 valence electrons. The fraction of sp³-hybridized carbons (Fsp3) is 0.385. The molecule has 0 bridgehead atoms. The lowest BCUT2D eigenvalue weighted by atomic mass is 9.83. The lowest BCUT2D eigenvalue weighted by Crippen LogP contribution is -2.66. The minimum absolute atomic E-state index is 0.0279. The molecule has 3 aliphatic heterocycles. The van der Waals surface area contributed by atoms with E-state index >= 15 is 0 Å². The third kappa shape index (κ3) is 5.19. The summed E-state index contributed by atoms with van der Waals surface area (Å²) in [7, 11) is 0. The van der Waals surface area contributed by atoms with Crippen LogP contribution in [0.2, 0.25) is 0 Å². The lowest BCUT2D eigenvalue weighted by molar-refractivity contribution is -0.198. The van der Waals surface area contributed by atoms with E-state index in [1.54, 1.807) is 30.3 Å². The lowest BCUT2D eigenvalue weighted by Gasteiger charge is -2.51. The SMILES string of the molecule is O=C(/C=C/c1ccc2c(c1)C(=O)CC1(CN(Cc3ccc(F)cc3)C1)O2)NOC1CCCCO1. The van der Waals surface area contributed by atoms with E-state index in [-0.39, 0.29) is 11.6 Å². The fourth-order valence-electron chi connectivity index (χ4n) is 4.65. The zero-order chi connectivity index (χ0) is 23.5. The van der Waals surface area contributed by atoms with Crippen molar-refractivity contribution in [3.8, 4) is 5.75 Å². The second-order valence-electron chi connectivity index (χ2n) is 9.13. The van der Waals surface area contributed by atoms with Crippen LogP contribution in [0.4, 0.5) is 4.39 Å². The highest BCUT2D eigenvalue weighted by Gasteiger charge is 2.49. The first kappa shape index (κ1) is 22.7. The normalized spacial score (nSPS) is 21.7. The summed E-state index contributed by atoms with van der Waals surface area (Å²) < 4.78 is 24.8. The Morgan fingerprint density at radius 2 is 2.03 bits per heavy atom. The van der Waals surface area contributed by atoms with Crippen LogP contribution in [0.1, 0.15) is 47.2 Å². The van der Waals surface area contributed by atoms with Crippen molar-refractivity contribution in [2.75, 3.05) is 19.7 Å². The van der Waals surface area contributed by atoms with Crippen molar-refractivity contribution in [2.45, 2.75) is 44.1 Å². The average molecular weight is 467 g/mol. The molecule has 0 aromatic heterocycles. The molecule has 1 atom stereocenters. The predicted molar refractivity (Wildman–Crippen MR) is 122 cm³/mol. The van der Waals surface area contributed by atoms with Gasteiger partial charge in [-0.2, -0.15) is 0 Å². The summed E-state index contributed by atoms with van der Waals surface area (Å²) in [5, 5.41) is 0. The van der Waals surface area contributed by atoms with Crippen LogP contribution < -0.4 is 10.2 Å². The zero-order valence-corrected chi connectivity index (χ0v) is 18.8. The molecule has 1 amide bonds. The molecule has 1 unspecified atom stereocenters. The summed E-state index contributed by atoms with van der Waals surface area (Å²) in [5.74, 6) is -0.0553. The molecule has 3 aliphatic rings. The average Bonchev–Trinajstić information content (AvgIpc) is 2.83. The van der Waals surface area contributed by atoms with Crippen molar-refractivity contribution in [3.05, 3.63) is 71.0 Å². The second-order valence-corrected chi connectivity index (χ2v) is 9.13. The maximum Gasteiger partial charge on any atom is 0.267 e. The molecule has 1 N–H and O–H groups in total. The van der Waals surface area contributed by atoms with Gasteiger partial charge in [0.05, 0.1) is 12.0 Å². The van der Waals surface area contributed by atoms with Gasteiger partial charge in [-0.3, -0.25) is 14.5 Å². The van der Waals surface area contributed by atoms with Gasteiger partial charge in [0.25, 0.3) is 5.91 Å². The number of likely N-dealkylation sites (tertiary alicyclic amines) is 1. The van der Waals surface area contributed by atoms with Gasteiger partial charge in [-0.15, -0.1) is 0 Å². The number of amides is 1. The second kappa shape index (κ2) is 9.66. The van der Waals surface area contributed by atoms with Gasteiger partial charge in [-0.05, 0) is 54.3 Å². The number of ketones is 1. The van der Waals surface area contributed by atoms with Gasteiger partial charge in [-0.25, -0.2) is 14.7 Å². The van der Waals surface area contributed by atoms with Gasteiger partial charge in [0, 0.05) is 38.7 Å². The Morgan fingerprint density at radius 1 is 1.21 bits per heavy atom. The van der Waals surface area contributed by atoms with Crippen molar-refractivity contribution in [1.82, 2.24) is 10.4 Å². The smallest absolute Gasteiger partial charge is 0.267 e. The number of fused-ring (bicyclic) bond motifs is 1. The first-order valence-corrected chi connectivity index (χ1v) is 11.6. The van der Waals surface area contributed by atoms with Gasteiger partial charge in [0.15, 0.2) is 12.1 Å². The summed E-state index contributed by atoms with van der Waals surface area (Å²) in [4.78, 5) is 32.4. The Kier molecular flexibility index (Phi) is 6.45. The number of nitrogens with zero attached hydrogens (tertiary/aromatic N) is 1. The largest absolute Gasteiger partial charge is 0.483 e. The Balaban J connectivity index is 1.15. The van der Waals surface area contributed by atoms with E-state index < -0.39 is 17.8 Å². The van der Waals surface area contributed by atoms with Crippen molar-refractivity contribution in [2.24, 2.45) is 0 Å². The number of rotatable bonds is 6. The fourth-order valence-corrected chi connectivity index (χ4v) is 4.65. The predicted octanol–water partition coefficient (Wildman–Crippen LogP) is 3.63. The maximum atomic E-state index is 13.1. The molecule has 2 saturated heterocycles. The van der Waals surface area contributed by atoms with Gasteiger partial charge in [-0.1, -0.05) is 18.2 Å². The van der Waals surface area contributed by atoms with Crippen molar-refractivity contribution in [1.29, 1.82) is 0 Å². The maximum absolute atomic E-state index is 13.1. The van der Waals surface area contributed by atoms with Crippen molar-refractivity contribution in [3.63, 3.8) is 0 Å². The van der Waals surface area contributed by atoms with E-state index in [2.05, 4.69) is 10.4 Å². The number of Topliss-reactive ketones (excluding diaryl/α,β-unsaturated/α-hetero) is 1. The molecule has 7 nitrogen and oxygen atoms in total. The van der Waals surface area contributed by atoms with Crippen molar-refractivity contribution >= 4 is 17.8 Å². The molecule has 34 heavy (non-hydrogen) atoms. The highest BCUT2D eigenvalue weighted by molar-refractivity contribution is 6.01. The summed E-state index contributed by atoms with van der Waals surface area (Å²) in [6.45, 7) is 2.61. The van der Waals surface area contributed by atoms with E-state index in [0.29, 0.717) is 44.0 Å². The molecule has 0 radical (unpaired) electrons. The number of hydroxylamine groups is 1. The monoisotopic (exact) mass is 466 g/mol. The third-order valence-corrected chi connectivity index (χ3v) is 6.31. The molecule has 2 aromatic rings. The topological polar surface area (TPSA) is 77.1 Å². The van der Waals surface area contributed by atoms with Gasteiger partial charge < -0.3 is 9.47 Å². The van der Waals surface area contributed by atoms with Gasteiger partial charge in [0.2, 0.25) is 0 Å². The van der Waals surface area contributed by atoms with E-state index in [1.807, 2.05) is 6.07 Å². The summed E-state index contributed by atoms with van der Waals surface area (Å²) in [6, 6.07) is 11.8. The number of hydrogen-bond donors (Lipinski definition) is 1. The Bertz CT molecular complexity index is 1090. The van der Waals surface area contributed by atoms with Crippen LogP contribution in [0.25, 0.3) is 6.08 Å². The quantitative estimate of drug-likeness (QED) is 0.518. The number of nitrogens with one attached hydrogen (secondary N) is 1. The van der Waals surface area contributed by atoms with Gasteiger partial charge in [0.1, 0.15) is 17.2 Å². The van der Waals surface area contributed by atoms with Crippen LogP contribution in [0.15, 0.2) is 48.5 Å². The van der Waals surface area contributed by atoms with Crippen LogP contribution in [0, 0.1) is 5.82 Å². The zero-order valence-electron chi connectivity index (χ0n) is 18.8. The number of benzene rings is 2. The first-order valence-electron chi connectivity index (χ1n) is 11.6. The minimum Gasteiger partial charge on any atom is -0.483 e. The van der Waals surface area contributed by atoms with E-state index in [9.17, 15) is 14.0 Å². The summed E-state index contributed by atoms with van der Waals surface area (Å²) >= 11 is 0. The molecule has 5 rings (SSSR count). The Morgan fingerprint density at radius 3 is 2.79 bits per heavy atom. The number of ether oxygens (including phenoxy) is 2. The van der Waals surface area contributed by atoms with Crippen LogP contribution in [0.3, 0.4) is 0 Å². The van der Waals surface area contributed by atoms with Crippen LogP contribution in [-0.4, -0.2) is 48.2 Å². The molecule has 2 fully saturated rings. The van der Waals surface area contributed by atoms with Crippen LogP contribution in [0.5, 0.6) is 5.75 Å². The van der Waals surface area contributed by atoms with E-state index in [4.69, 9.17) is 14.3 Å². The first-order chi connectivity index (χ1) is 16.5. The standard InChI is InChI=1S/C26H27FN2O5/c27-20-8-4-19(5-9-20)15-29-16-26(17-29)14-22(30)21-13-18(6-10-23(21)33-26)7-11-24(31)28-34-25-3-1-2-12-32-25/h4-11,13,25H,1-3,12,14-17H2,(H,28,31)/b11-7+. The summed E-state index contributed by atoms with van der Waals surface area (Å²) in [5.41, 5.74) is 4.14. The molecule has 3 heterocycles. The van der Waals surface area contributed by atoms with Crippen LogP contribution >= 0.6 is 0 Å². The van der Waals surface area contributed by atoms with Crippen molar-refractivity contribution < 1.29 is 28.3 Å². The minimum atomic E-state index is -0.514. The number of carbonyl (C=O) groups is 2. The van der Waals surface area contributed by atoms with E-state index in [0.717, 1.165) is 30.4 Å². The number of halogens is 1. The molecule has 8 heteroatoms. The van der Waals surface area contributed by atoms with Crippen LogP contribution in [-0.2, 0) is 20.9 Å². The molecule has 2 aromatic carbocycles. The molecule has 0 aliphatic carbocycles. The Labute approximate surface area is 197 Å². The highest BCUT2D eigenvalue weighted by atomic mass is 19.1. The Hall–Kier alpha value is -3.07. The molecular formula is C26H27FN2O5. The summed E-state index contributed by atoms with van der Waals surface area (Å²) in [6.07, 6.45) is 5.66. The molecule has 0 saturated carbocycles. The van der Waals surface area contributed by atoms with Gasteiger partial charge >= 0.3 is 0 Å².